The number of thiazole rings is 1. The van der Waals surface area contributed by atoms with Crippen LogP contribution in [0.15, 0.2) is 29.6 Å². The van der Waals surface area contributed by atoms with Crippen molar-refractivity contribution >= 4 is 39.7 Å². The molecule has 6 N–H and O–H groups in total. The number of nitrogens with one attached hydrogen (secondary N) is 3. The van der Waals surface area contributed by atoms with Crippen molar-refractivity contribution in [1.82, 2.24) is 10.3 Å². The van der Waals surface area contributed by atoms with E-state index in [0.29, 0.717) is 37.3 Å². The Bertz CT molecular complexity index is 980. The van der Waals surface area contributed by atoms with E-state index in [9.17, 15) is 14.7 Å². The van der Waals surface area contributed by atoms with Crippen molar-refractivity contribution in [2.24, 2.45) is 5.73 Å². The van der Waals surface area contributed by atoms with Crippen LogP contribution in [-0.2, 0) is 4.79 Å². The summed E-state index contributed by atoms with van der Waals surface area (Å²) in [5.41, 5.74) is 6.93. The van der Waals surface area contributed by atoms with Crippen molar-refractivity contribution in [3.63, 3.8) is 0 Å². The number of likely N-dealkylation sites (N-methyl/N-ethyl adjacent to an activating group) is 1. The summed E-state index contributed by atoms with van der Waals surface area (Å²) < 4.78 is 0. The van der Waals surface area contributed by atoms with E-state index in [1.807, 2.05) is 24.3 Å². The van der Waals surface area contributed by atoms with Crippen LogP contribution in [0.1, 0.15) is 49.0 Å². The van der Waals surface area contributed by atoms with E-state index in [-0.39, 0.29) is 24.0 Å². The highest BCUT2D eigenvalue weighted by Crippen LogP contribution is 2.32. The van der Waals surface area contributed by atoms with Crippen molar-refractivity contribution in [2.75, 3.05) is 35.7 Å². The lowest BCUT2D eigenvalue weighted by atomic mass is 9.86. The van der Waals surface area contributed by atoms with Gasteiger partial charge in [-0.15, -0.1) is 11.3 Å². The molecular formula is C23H32N6O3S. The molecule has 9 nitrogen and oxygen atoms in total. The molecule has 2 aromatic rings. The first kappa shape index (κ1) is 23.5. The van der Waals surface area contributed by atoms with Crippen LogP contribution in [0.4, 0.5) is 16.5 Å². The number of piperidine rings is 1. The largest absolute Gasteiger partial charge is 0.393 e. The predicted octanol–water partition coefficient (Wildman–Crippen LogP) is 2.15. The number of benzene rings is 1. The Labute approximate surface area is 197 Å². The van der Waals surface area contributed by atoms with Crippen molar-refractivity contribution < 1.29 is 14.7 Å². The number of nitrogens with zero attached hydrogens (tertiary/aromatic N) is 2. The first-order valence-corrected chi connectivity index (χ1v) is 12.3. The summed E-state index contributed by atoms with van der Waals surface area (Å²) in [4.78, 5) is 31.5. The van der Waals surface area contributed by atoms with Gasteiger partial charge in [0, 0.05) is 24.5 Å². The molecule has 1 aliphatic carbocycles. The standard InChI is InChI=1S/C23H32N6O3S/c1-25-23(21(24)32)10-12-29(13-11-23)19-5-3-2-4-17(19)27-20(31)18-14-33-22(28-18)26-15-6-8-16(30)9-7-15/h2-5,14-16,25,30H,6-13H2,1H3,(H2,24,32)(H,26,28)(H,27,31)/t15-,16-. The van der Waals surface area contributed by atoms with E-state index in [1.54, 1.807) is 12.4 Å². The number of primary amides is 1. The molecule has 2 heterocycles. The number of hydrogen-bond acceptors (Lipinski definition) is 8. The number of aliphatic hydroxyl groups excluding tert-OH is 1. The minimum Gasteiger partial charge on any atom is -0.393 e. The summed E-state index contributed by atoms with van der Waals surface area (Å²) in [6.45, 7) is 1.30. The van der Waals surface area contributed by atoms with Gasteiger partial charge in [0.05, 0.1) is 17.5 Å². The van der Waals surface area contributed by atoms with Gasteiger partial charge in [0.25, 0.3) is 5.91 Å². The number of aliphatic hydroxyl groups is 1. The van der Waals surface area contributed by atoms with Gasteiger partial charge in [-0.05, 0) is 57.7 Å². The Morgan fingerprint density at radius 1 is 1.18 bits per heavy atom. The normalized spacial score (nSPS) is 22.5. The minimum atomic E-state index is -0.685. The molecule has 1 aromatic heterocycles. The van der Waals surface area contributed by atoms with Crippen molar-refractivity contribution in [3.8, 4) is 0 Å². The van der Waals surface area contributed by atoms with Crippen LogP contribution < -0.4 is 26.6 Å². The lowest BCUT2D eigenvalue weighted by Gasteiger charge is -2.41. The van der Waals surface area contributed by atoms with Gasteiger partial charge >= 0.3 is 0 Å². The van der Waals surface area contributed by atoms with Crippen molar-refractivity contribution in [3.05, 3.63) is 35.3 Å². The summed E-state index contributed by atoms with van der Waals surface area (Å²) in [7, 11) is 1.77. The van der Waals surface area contributed by atoms with Gasteiger partial charge in [0.1, 0.15) is 11.2 Å². The van der Waals surface area contributed by atoms with Gasteiger partial charge in [-0.2, -0.15) is 0 Å². The Morgan fingerprint density at radius 2 is 1.88 bits per heavy atom. The molecule has 1 aromatic carbocycles. The summed E-state index contributed by atoms with van der Waals surface area (Å²) in [5.74, 6) is -0.590. The van der Waals surface area contributed by atoms with Gasteiger partial charge in [-0.1, -0.05) is 12.1 Å². The first-order chi connectivity index (χ1) is 15.9. The summed E-state index contributed by atoms with van der Waals surface area (Å²) in [6.07, 6.45) is 4.37. The number of hydrogen-bond donors (Lipinski definition) is 5. The summed E-state index contributed by atoms with van der Waals surface area (Å²) in [6, 6.07) is 7.94. The van der Waals surface area contributed by atoms with E-state index < -0.39 is 5.54 Å². The van der Waals surface area contributed by atoms with Crippen LogP contribution in [0.2, 0.25) is 0 Å². The highest BCUT2D eigenvalue weighted by molar-refractivity contribution is 7.13. The third kappa shape index (κ3) is 5.29. The molecular weight excluding hydrogens is 440 g/mol. The van der Waals surface area contributed by atoms with E-state index >= 15 is 0 Å². The molecule has 33 heavy (non-hydrogen) atoms. The minimum absolute atomic E-state index is 0.203. The molecule has 2 aliphatic rings. The van der Waals surface area contributed by atoms with Gasteiger partial charge in [0.2, 0.25) is 5.91 Å². The molecule has 178 valence electrons. The second-order valence-corrected chi connectivity index (χ2v) is 9.70. The lowest BCUT2D eigenvalue weighted by Crippen LogP contribution is -2.59. The number of rotatable bonds is 7. The number of aromatic nitrogens is 1. The molecule has 1 saturated carbocycles. The van der Waals surface area contributed by atoms with E-state index in [0.717, 1.165) is 36.5 Å². The SMILES string of the molecule is CNC1(C(N)=O)CCN(c2ccccc2NC(=O)c2csc(N[C@H]3CC[C@H](O)CC3)n2)CC1. The van der Waals surface area contributed by atoms with Gasteiger partial charge in [0.15, 0.2) is 5.13 Å². The van der Waals surface area contributed by atoms with E-state index in [2.05, 4.69) is 25.8 Å². The van der Waals surface area contributed by atoms with Gasteiger partial charge in [-0.3, -0.25) is 9.59 Å². The fourth-order valence-electron chi connectivity index (χ4n) is 4.63. The highest BCUT2D eigenvalue weighted by Gasteiger charge is 2.38. The number of anilines is 3. The number of carbonyl (C=O) groups excluding carboxylic acids is 2. The van der Waals surface area contributed by atoms with Crippen LogP contribution in [-0.4, -0.2) is 59.7 Å². The zero-order valence-electron chi connectivity index (χ0n) is 18.8. The molecule has 0 spiro atoms. The number of para-hydroxylation sites is 2. The van der Waals surface area contributed by atoms with Gasteiger partial charge in [-0.25, -0.2) is 4.98 Å². The molecule has 1 saturated heterocycles. The topological polar surface area (TPSA) is 133 Å². The maximum absolute atomic E-state index is 12.9. The summed E-state index contributed by atoms with van der Waals surface area (Å²) in [5, 5.41) is 21.6. The van der Waals surface area contributed by atoms with Gasteiger partial charge < -0.3 is 31.7 Å². The number of nitrogens with two attached hydrogens (primary N) is 1. The third-order valence-corrected chi connectivity index (χ3v) is 7.59. The maximum atomic E-state index is 12.9. The van der Waals surface area contributed by atoms with E-state index in [4.69, 9.17) is 5.73 Å². The molecule has 10 heteroatoms. The smallest absolute Gasteiger partial charge is 0.275 e. The Hall–Kier alpha value is -2.69. The Balaban J connectivity index is 1.40. The molecule has 2 fully saturated rings. The lowest BCUT2D eigenvalue weighted by molar-refractivity contribution is -0.125. The van der Waals surface area contributed by atoms with Crippen LogP contribution in [0.25, 0.3) is 0 Å². The molecule has 0 atom stereocenters. The molecule has 0 unspecified atom stereocenters. The third-order valence-electron chi connectivity index (χ3n) is 6.82. The van der Waals surface area contributed by atoms with Crippen LogP contribution >= 0.6 is 11.3 Å². The number of carbonyl (C=O) groups is 2. The molecule has 4 rings (SSSR count). The quantitative estimate of drug-likeness (QED) is 0.417. The van der Waals surface area contributed by atoms with Crippen LogP contribution in [0.3, 0.4) is 0 Å². The fourth-order valence-corrected chi connectivity index (χ4v) is 5.40. The average Bonchev–Trinajstić information content (AvgIpc) is 3.29. The van der Waals surface area contributed by atoms with Crippen LogP contribution in [0.5, 0.6) is 0 Å². The first-order valence-electron chi connectivity index (χ1n) is 11.4. The zero-order valence-corrected chi connectivity index (χ0v) is 19.7. The van der Waals surface area contributed by atoms with Crippen molar-refractivity contribution in [2.45, 2.75) is 56.2 Å². The monoisotopic (exact) mass is 472 g/mol. The highest BCUT2D eigenvalue weighted by atomic mass is 32.1. The Morgan fingerprint density at radius 3 is 2.55 bits per heavy atom. The second-order valence-electron chi connectivity index (χ2n) is 8.84. The summed E-state index contributed by atoms with van der Waals surface area (Å²) >= 11 is 1.41. The van der Waals surface area contributed by atoms with E-state index in [1.165, 1.54) is 11.3 Å². The Kier molecular flexibility index (Phi) is 7.16. The van der Waals surface area contributed by atoms with Crippen molar-refractivity contribution in [1.29, 1.82) is 0 Å². The fraction of sp³-hybridized carbons (Fsp3) is 0.522. The maximum Gasteiger partial charge on any atom is 0.275 e. The average molecular weight is 473 g/mol. The second kappa shape index (κ2) is 10.1. The molecule has 1 aliphatic heterocycles. The molecule has 0 bridgehead atoms. The predicted molar refractivity (Wildman–Crippen MR) is 131 cm³/mol. The number of amides is 2. The molecule has 0 radical (unpaired) electrons. The molecule has 2 amide bonds. The zero-order chi connectivity index (χ0) is 23.4. The van der Waals surface area contributed by atoms with Crippen LogP contribution in [0, 0.1) is 0 Å².